The number of pyridine rings is 1. The normalized spacial score (nSPS) is 11.7. The van der Waals surface area contributed by atoms with E-state index in [2.05, 4.69) is 45.9 Å². The molecule has 1 aromatic heterocycles. The van der Waals surface area contributed by atoms with Crippen molar-refractivity contribution < 1.29 is 4.79 Å². The maximum absolute atomic E-state index is 10.6. The van der Waals surface area contributed by atoms with Gasteiger partial charge in [-0.1, -0.05) is 77.8 Å². The van der Waals surface area contributed by atoms with Gasteiger partial charge in [-0.25, -0.2) is 0 Å². The average Bonchev–Trinajstić information content (AvgIpc) is 2.83. The number of nitrogens with zero attached hydrogens (tertiary/aromatic N) is 1. The number of hydrogen-bond acceptors (Lipinski definition) is 4. The first-order valence-electron chi connectivity index (χ1n) is 12.5. The molecule has 5 N–H and O–H groups in total. The summed E-state index contributed by atoms with van der Waals surface area (Å²) < 4.78 is 0. The molecular weight excluding hydrogens is 432 g/mol. The fourth-order valence-corrected chi connectivity index (χ4v) is 4.25. The molecular formula is C30H44N4O. The van der Waals surface area contributed by atoms with Crippen molar-refractivity contribution in [1.82, 2.24) is 4.98 Å². The molecule has 0 unspecified atom stereocenters. The topological polar surface area (TPSA) is 106 Å². The van der Waals surface area contributed by atoms with Crippen molar-refractivity contribution in [3.05, 3.63) is 70.4 Å². The molecule has 0 fully saturated rings. The Morgan fingerprint density at radius 3 is 2.26 bits per heavy atom. The molecule has 1 aliphatic rings. The minimum atomic E-state index is -0.770. The molecule has 0 aliphatic heterocycles. The Morgan fingerprint density at radius 1 is 1.03 bits per heavy atom. The molecule has 1 heterocycles. The molecule has 0 radical (unpaired) electrons. The van der Waals surface area contributed by atoms with Crippen molar-refractivity contribution in [3.8, 4) is 0 Å². The molecule has 1 amide bonds. The molecule has 0 bridgehead atoms. The van der Waals surface area contributed by atoms with Crippen molar-refractivity contribution in [2.45, 2.75) is 86.5 Å². The molecule has 0 spiro atoms. The Kier molecular flexibility index (Phi) is 12.7. The van der Waals surface area contributed by atoms with Gasteiger partial charge in [-0.2, -0.15) is 0 Å². The number of carbonyl (C=O) groups is 1. The van der Waals surface area contributed by atoms with Gasteiger partial charge < -0.3 is 11.5 Å². The second-order valence-corrected chi connectivity index (χ2v) is 8.78. The van der Waals surface area contributed by atoms with E-state index in [-0.39, 0.29) is 13.1 Å². The average molecular weight is 477 g/mol. The lowest BCUT2D eigenvalue weighted by Gasteiger charge is -2.20. The van der Waals surface area contributed by atoms with Crippen LogP contribution < -0.4 is 11.5 Å². The van der Waals surface area contributed by atoms with Crippen molar-refractivity contribution in [2.24, 2.45) is 5.73 Å². The summed E-state index contributed by atoms with van der Waals surface area (Å²) in [6, 6.07) is 13.3. The number of nitrogen functional groups attached to an aromatic ring is 1. The maximum atomic E-state index is 10.6. The lowest BCUT2D eigenvalue weighted by molar-refractivity contribution is -0.112. The third kappa shape index (κ3) is 8.20. The van der Waals surface area contributed by atoms with E-state index in [9.17, 15) is 4.79 Å². The maximum Gasteiger partial charge on any atom is 0.267 e. The molecule has 5 heteroatoms. The zero-order valence-corrected chi connectivity index (χ0v) is 21.2. The highest BCUT2D eigenvalue weighted by atomic mass is 16.1. The van der Waals surface area contributed by atoms with Gasteiger partial charge in [-0.05, 0) is 67.9 Å². The van der Waals surface area contributed by atoms with E-state index in [0.717, 1.165) is 6.42 Å². The number of nitrogens with one attached hydrogen (secondary N) is 1. The van der Waals surface area contributed by atoms with Gasteiger partial charge in [-0.15, -0.1) is 0 Å². The van der Waals surface area contributed by atoms with E-state index in [1.54, 1.807) is 35.4 Å². The lowest BCUT2D eigenvalue weighted by Crippen LogP contribution is -2.23. The van der Waals surface area contributed by atoms with E-state index < -0.39 is 5.91 Å². The quantitative estimate of drug-likeness (QED) is 0.274. The first-order chi connectivity index (χ1) is 16.3. The molecule has 190 valence electrons. The van der Waals surface area contributed by atoms with Crippen LogP contribution in [0.15, 0.2) is 42.5 Å². The fourth-order valence-electron chi connectivity index (χ4n) is 4.25. The highest BCUT2D eigenvalue weighted by Gasteiger charge is 2.16. The number of nitrogens with two attached hydrogens (primary N) is 2. The number of carbonyl (C=O) groups excluding carboxylic acids is 1. The van der Waals surface area contributed by atoms with Gasteiger partial charge in [0.2, 0.25) is 0 Å². The Morgan fingerprint density at radius 2 is 1.69 bits per heavy atom. The first-order valence-corrected chi connectivity index (χ1v) is 12.5. The van der Waals surface area contributed by atoms with Crippen LogP contribution in [0.3, 0.4) is 0 Å². The third-order valence-electron chi connectivity index (χ3n) is 6.07. The summed E-state index contributed by atoms with van der Waals surface area (Å²) in [6.45, 7) is 8.84. The fraction of sp³-hybridized carbons (Fsp3) is 0.433. The van der Waals surface area contributed by atoms with E-state index in [4.69, 9.17) is 21.9 Å². The van der Waals surface area contributed by atoms with Crippen molar-refractivity contribution in [2.75, 3.05) is 5.73 Å². The standard InChI is InChI=1S/C16H19N.C8H9N3O.C5H12.CH4/c1-3-12-13-6-4-5-7-15(13)17-16-10-11(2)8-9-14(12)16;9-6-4-2-1-3-5(6)7(10)8(11)12;1-3-5-4-2;/h8-10H,3-7H2,1-2H3;1-4,10H,9H2,(H2,11,12);3-5H2,1-2H3;1H4. The zero-order chi connectivity index (χ0) is 25.1. The van der Waals surface area contributed by atoms with Crippen LogP contribution in [0.5, 0.6) is 0 Å². The minimum absolute atomic E-state index is 0. The Hall–Kier alpha value is -3.21. The summed E-state index contributed by atoms with van der Waals surface area (Å²) in [7, 11) is 0. The number of fused-ring (bicyclic) bond motifs is 2. The van der Waals surface area contributed by atoms with Crippen LogP contribution in [-0.2, 0) is 24.1 Å². The predicted molar refractivity (Wildman–Crippen MR) is 151 cm³/mol. The van der Waals surface area contributed by atoms with Gasteiger partial charge in [0.25, 0.3) is 5.91 Å². The van der Waals surface area contributed by atoms with Crippen molar-refractivity contribution >= 4 is 28.2 Å². The first kappa shape index (κ1) is 29.8. The highest BCUT2D eigenvalue weighted by molar-refractivity contribution is 6.44. The van der Waals surface area contributed by atoms with Gasteiger partial charge in [0.15, 0.2) is 0 Å². The number of para-hydroxylation sites is 1. The molecule has 35 heavy (non-hydrogen) atoms. The molecule has 5 nitrogen and oxygen atoms in total. The minimum Gasteiger partial charge on any atom is -0.398 e. The summed E-state index contributed by atoms with van der Waals surface area (Å²) in [5.41, 5.74) is 17.9. The summed E-state index contributed by atoms with van der Waals surface area (Å²) in [6.07, 6.45) is 10.2. The number of primary amides is 1. The van der Waals surface area contributed by atoms with E-state index in [1.165, 1.54) is 67.1 Å². The van der Waals surface area contributed by atoms with Gasteiger partial charge in [-0.3, -0.25) is 15.2 Å². The number of unbranched alkanes of at least 4 members (excludes halogenated alkanes) is 2. The molecule has 1 aliphatic carbocycles. The molecule has 0 saturated heterocycles. The summed E-state index contributed by atoms with van der Waals surface area (Å²) >= 11 is 0. The van der Waals surface area contributed by atoms with Gasteiger partial charge in [0.05, 0.1) is 5.52 Å². The van der Waals surface area contributed by atoms with Crippen LogP contribution in [0.25, 0.3) is 10.9 Å². The summed E-state index contributed by atoms with van der Waals surface area (Å²) in [4.78, 5) is 15.5. The number of aryl methyl sites for hydroxylation is 3. The second kappa shape index (κ2) is 14.9. The number of anilines is 1. The Balaban J connectivity index is 0.000000299. The van der Waals surface area contributed by atoms with Crippen LogP contribution in [0, 0.1) is 12.3 Å². The number of aromatic nitrogens is 1. The number of hydrogen-bond donors (Lipinski definition) is 3. The van der Waals surface area contributed by atoms with Crippen LogP contribution in [0.4, 0.5) is 5.69 Å². The monoisotopic (exact) mass is 476 g/mol. The van der Waals surface area contributed by atoms with E-state index >= 15 is 0 Å². The summed E-state index contributed by atoms with van der Waals surface area (Å²) in [5.74, 6) is -0.770. The van der Waals surface area contributed by atoms with Gasteiger partial charge in [0, 0.05) is 22.3 Å². The van der Waals surface area contributed by atoms with E-state index in [1.807, 2.05) is 0 Å². The van der Waals surface area contributed by atoms with Gasteiger partial charge >= 0.3 is 0 Å². The van der Waals surface area contributed by atoms with E-state index in [0.29, 0.717) is 11.3 Å². The number of benzene rings is 2. The highest BCUT2D eigenvalue weighted by Crippen LogP contribution is 2.29. The molecule has 2 aromatic carbocycles. The van der Waals surface area contributed by atoms with Gasteiger partial charge in [0.1, 0.15) is 5.71 Å². The third-order valence-corrected chi connectivity index (χ3v) is 6.07. The smallest absolute Gasteiger partial charge is 0.267 e. The van der Waals surface area contributed by atoms with Crippen molar-refractivity contribution in [1.29, 1.82) is 5.41 Å². The zero-order valence-electron chi connectivity index (χ0n) is 21.2. The molecule has 0 saturated carbocycles. The number of rotatable bonds is 5. The van der Waals surface area contributed by atoms with Crippen molar-refractivity contribution in [3.63, 3.8) is 0 Å². The summed E-state index contributed by atoms with van der Waals surface area (Å²) in [5, 5.41) is 8.64. The van der Waals surface area contributed by atoms with Crippen LogP contribution in [0.2, 0.25) is 0 Å². The molecule has 3 aromatic rings. The lowest BCUT2D eigenvalue weighted by atomic mass is 9.88. The van der Waals surface area contributed by atoms with Crippen LogP contribution in [0.1, 0.15) is 88.2 Å². The van der Waals surface area contributed by atoms with Crippen LogP contribution in [-0.4, -0.2) is 16.6 Å². The Bertz CT molecular complexity index is 1120. The second-order valence-electron chi connectivity index (χ2n) is 8.78. The number of amides is 1. The Labute approximate surface area is 211 Å². The SMILES string of the molecule is C.CCCCC.CCc1c2c(nc3cc(C)ccc13)CCCC2.N=C(C(N)=O)c1ccccc1N. The van der Waals surface area contributed by atoms with Crippen LogP contribution >= 0.6 is 0 Å². The largest absolute Gasteiger partial charge is 0.398 e. The predicted octanol–water partition coefficient (Wildman–Crippen LogP) is 6.94. The molecule has 4 rings (SSSR count). The molecule has 0 atom stereocenters.